The van der Waals surface area contributed by atoms with E-state index < -0.39 is 17.3 Å². The normalized spacial score (nSPS) is 11.3. The number of hydrogen-bond donors (Lipinski definition) is 3. The summed E-state index contributed by atoms with van der Waals surface area (Å²) in [6, 6.07) is 4.89. The molecule has 1 atom stereocenters. The molecule has 0 heterocycles. The minimum Gasteiger partial charge on any atom is -0.611 e. The second-order valence-corrected chi connectivity index (χ2v) is 5.52. The van der Waals surface area contributed by atoms with Gasteiger partial charge in [-0.05, 0) is 41.6 Å². The Morgan fingerprint density at radius 2 is 2.35 bits per heavy atom. The van der Waals surface area contributed by atoms with Crippen molar-refractivity contribution < 1.29 is 14.1 Å². The summed E-state index contributed by atoms with van der Waals surface area (Å²) in [6.07, 6.45) is 0.901. The third-order valence-electron chi connectivity index (χ3n) is 2.20. The molecule has 0 aliphatic heterocycles. The lowest BCUT2D eigenvalue weighted by Crippen LogP contribution is -2.34. The highest BCUT2D eigenvalue weighted by Crippen LogP contribution is 2.23. The standard InChI is InChI=1S/C12H15N3O3S2/c1-3-6-20(17)8-4-5-10(9(13)7-8)14-11(19)15-12(16)18-2/h3-5,7H,1,6,13H2,2H3,(H2,14,15,16,19). The number of hydrogen-bond acceptors (Lipinski definition) is 5. The monoisotopic (exact) mass is 313 g/mol. The Morgan fingerprint density at radius 1 is 1.65 bits per heavy atom. The van der Waals surface area contributed by atoms with Crippen LogP contribution in [0.15, 0.2) is 35.7 Å². The van der Waals surface area contributed by atoms with Crippen molar-refractivity contribution >= 4 is 46.0 Å². The Balaban J connectivity index is 2.75. The SMILES string of the molecule is C=CC[S+]([O-])c1ccc(NC(=S)NC(=O)OC)c(N)c1. The van der Waals surface area contributed by atoms with Crippen molar-refractivity contribution in [3.8, 4) is 0 Å². The van der Waals surface area contributed by atoms with Gasteiger partial charge in [0.25, 0.3) is 0 Å². The summed E-state index contributed by atoms with van der Waals surface area (Å²) >= 11 is 3.74. The minimum atomic E-state index is -1.17. The molecule has 0 saturated heterocycles. The van der Waals surface area contributed by atoms with Crippen LogP contribution >= 0.6 is 12.2 Å². The van der Waals surface area contributed by atoms with Gasteiger partial charge in [-0.15, -0.1) is 0 Å². The minimum absolute atomic E-state index is 0.0588. The number of alkyl carbamates (subject to hydrolysis) is 1. The Morgan fingerprint density at radius 3 is 2.90 bits per heavy atom. The summed E-state index contributed by atoms with van der Waals surface area (Å²) in [7, 11) is 1.23. The number of nitrogen functional groups attached to an aromatic ring is 1. The number of anilines is 2. The molecule has 0 spiro atoms. The first-order valence-electron chi connectivity index (χ1n) is 5.52. The Kier molecular flexibility index (Phi) is 6.29. The van der Waals surface area contributed by atoms with Crippen molar-refractivity contribution in [2.24, 2.45) is 0 Å². The largest absolute Gasteiger partial charge is 0.611 e. The van der Waals surface area contributed by atoms with Crippen LogP contribution in [0, 0.1) is 0 Å². The molecule has 1 aromatic carbocycles. The van der Waals surface area contributed by atoms with Gasteiger partial charge in [-0.1, -0.05) is 6.58 Å². The Bertz CT molecular complexity index is 523. The van der Waals surface area contributed by atoms with E-state index in [-0.39, 0.29) is 5.11 Å². The van der Waals surface area contributed by atoms with Gasteiger partial charge in [0.05, 0.1) is 18.5 Å². The number of ether oxygens (including phenoxy) is 1. The maximum absolute atomic E-state index is 11.8. The molecule has 6 nitrogen and oxygen atoms in total. The fourth-order valence-electron chi connectivity index (χ4n) is 1.30. The van der Waals surface area contributed by atoms with Gasteiger partial charge in [0.15, 0.2) is 10.0 Å². The maximum atomic E-state index is 11.8. The van der Waals surface area contributed by atoms with Gasteiger partial charge in [-0.3, -0.25) is 5.32 Å². The van der Waals surface area contributed by atoms with Gasteiger partial charge in [0.2, 0.25) is 0 Å². The topological polar surface area (TPSA) is 99.4 Å². The molecule has 0 saturated carbocycles. The van der Waals surface area contributed by atoms with Crippen molar-refractivity contribution in [3.05, 3.63) is 30.9 Å². The van der Waals surface area contributed by atoms with Crippen LogP contribution in [0.2, 0.25) is 0 Å². The van der Waals surface area contributed by atoms with Crippen molar-refractivity contribution in [1.29, 1.82) is 0 Å². The summed E-state index contributed by atoms with van der Waals surface area (Å²) in [5.41, 5.74) is 6.72. The van der Waals surface area contributed by atoms with E-state index in [1.54, 1.807) is 24.3 Å². The fourth-order valence-corrected chi connectivity index (χ4v) is 2.37. The highest BCUT2D eigenvalue weighted by Gasteiger charge is 2.12. The van der Waals surface area contributed by atoms with Gasteiger partial charge < -0.3 is 20.3 Å². The summed E-state index contributed by atoms with van der Waals surface area (Å²) < 4.78 is 16.2. The maximum Gasteiger partial charge on any atom is 0.413 e. The smallest absolute Gasteiger partial charge is 0.413 e. The Labute approximate surface area is 125 Å². The van der Waals surface area contributed by atoms with Crippen LogP contribution in [-0.4, -0.2) is 28.6 Å². The lowest BCUT2D eigenvalue weighted by atomic mass is 10.3. The molecular formula is C12H15N3O3S2. The second-order valence-electron chi connectivity index (χ2n) is 3.62. The zero-order chi connectivity index (χ0) is 15.1. The first kappa shape index (κ1) is 16.3. The molecular weight excluding hydrogens is 298 g/mol. The lowest BCUT2D eigenvalue weighted by Gasteiger charge is -2.13. The predicted octanol–water partition coefficient (Wildman–Crippen LogP) is 1.62. The molecule has 1 amide bonds. The number of carbonyl (C=O) groups excluding carboxylic acids is 1. The molecule has 0 aliphatic rings. The average molecular weight is 313 g/mol. The van der Waals surface area contributed by atoms with Crippen LogP contribution in [0.3, 0.4) is 0 Å². The third kappa shape index (κ3) is 4.72. The summed E-state index contributed by atoms with van der Waals surface area (Å²) in [4.78, 5) is 11.6. The number of nitrogens with two attached hydrogens (primary N) is 1. The molecule has 0 aromatic heterocycles. The third-order valence-corrected chi connectivity index (χ3v) is 3.73. The zero-order valence-electron chi connectivity index (χ0n) is 10.8. The molecule has 4 N–H and O–H groups in total. The first-order valence-corrected chi connectivity index (χ1v) is 7.25. The van der Waals surface area contributed by atoms with Crippen LogP contribution in [0.1, 0.15) is 0 Å². The zero-order valence-corrected chi connectivity index (χ0v) is 12.5. The van der Waals surface area contributed by atoms with Crippen LogP contribution in [-0.2, 0) is 15.9 Å². The quantitative estimate of drug-likeness (QED) is 0.338. The van der Waals surface area contributed by atoms with E-state index in [1.165, 1.54) is 7.11 Å². The molecule has 0 fully saturated rings. The molecule has 0 radical (unpaired) electrons. The number of methoxy groups -OCH3 is 1. The number of nitrogens with one attached hydrogen (secondary N) is 2. The summed E-state index contributed by atoms with van der Waals surface area (Å²) in [5.74, 6) is 0.356. The number of thiocarbonyl (C=S) groups is 1. The van der Waals surface area contributed by atoms with Crippen LogP contribution in [0.5, 0.6) is 0 Å². The van der Waals surface area contributed by atoms with Crippen molar-refractivity contribution in [3.63, 3.8) is 0 Å². The van der Waals surface area contributed by atoms with Crippen LogP contribution in [0.25, 0.3) is 0 Å². The van der Waals surface area contributed by atoms with E-state index in [0.29, 0.717) is 22.0 Å². The molecule has 8 heteroatoms. The fraction of sp³-hybridized carbons (Fsp3) is 0.167. The van der Waals surface area contributed by atoms with E-state index in [2.05, 4.69) is 21.9 Å². The molecule has 20 heavy (non-hydrogen) atoms. The van der Waals surface area contributed by atoms with Gasteiger partial charge in [-0.25, -0.2) is 4.79 Å². The van der Waals surface area contributed by atoms with Crippen molar-refractivity contribution in [2.75, 3.05) is 23.9 Å². The molecule has 1 aromatic rings. The molecule has 0 bridgehead atoms. The van der Waals surface area contributed by atoms with E-state index in [9.17, 15) is 9.35 Å². The van der Waals surface area contributed by atoms with E-state index in [1.807, 2.05) is 0 Å². The van der Waals surface area contributed by atoms with Gasteiger partial charge >= 0.3 is 6.09 Å². The van der Waals surface area contributed by atoms with E-state index in [0.717, 1.165) is 0 Å². The highest BCUT2D eigenvalue weighted by molar-refractivity contribution is 7.91. The molecule has 0 aliphatic carbocycles. The highest BCUT2D eigenvalue weighted by atomic mass is 32.2. The molecule has 108 valence electrons. The first-order chi connectivity index (χ1) is 9.47. The second kappa shape index (κ2) is 7.73. The summed E-state index contributed by atoms with van der Waals surface area (Å²) in [5, 5.41) is 5.10. The van der Waals surface area contributed by atoms with Gasteiger partial charge in [0.1, 0.15) is 5.75 Å². The number of benzene rings is 1. The number of carbonyl (C=O) groups is 1. The lowest BCUT2D eigenvalue weighted by molar-refractivity contribution is 0.177. The average Bonchev–Trinajstić information content (AvgIpc) is 2.41. The number of rotatable bonds is 4. The van der Waals surface area contributed by atoms with Crippen LogP contribution in [0.4, 0.5) is 16.2 Å². The predicted molar refractivity (Wildman–Crippen MR) is 84.1 cm³/mol. The van der Waals surface area contributed by atoms with Gasteiger partial charge in [0, 0.05) is 6.07 Å². The van der Waals surface area contributed by atoms with Crippen LogP contribution < -0.4 is 16.4 Å². The summed E-state index contributed by atoms with van der Waals surface area (Å²) in [6.45, 7) is 3.54. The van der Waals surface area contributed by atoms with E-state index >= 15 is 0 Å². The molecule has 1 unspecified atom stereocenters. The van der Waals surface area contributed by atoms with Crippen molar-refractivity contribution in [1.82, 2.24) is 5.32 Å². The van der Waals surface area contributed by atoms with Crippen molar-refractivity contribution in [2.45, 2.75) is 4.90 Å². The number of amides is 1. The Hall–Kier alpha value is -1.77. The van der Waals surface area contributed by atoms with E-state index in [4.69, 9.17) is 18.0 Å². The molecule has 1 rings (SSSR count). The van der Waals surface area contributed by atoms with Gasteiger partial charge in [-0.2, -0.15) is 0 Å².